The molecular weight excluding hydrogens is 406 g/mol. The van der Waals surface area contributed by atoms with Crippen LogP contribution < -0.4 is 5.32 Å². The highest BCUT2D eigenvalue weighted by atomic mass is 16.6. The smallest absolute Gasteiger partial charge is 0.273 e. The van der Waals surface area contributed by atoms with E-state index in [1.807, 2.05) is 31.2 Å². The Kier molecular flexibility index (Phi) is 7.98. The van der Waals surface area contributed by atoms with Gasteiger partial charge in [0.15, 0.2) is 0 Å². The van der Waals surface area contributed by atoms with Crippen molar-refractivity contribution in [2.45, 2.75) is 71.0 Å². The van der Waals surface area contributed by atoms with E-state index in [2.05, 4.69) is 5.32 Å². The van der Waals surface area contributed by atoms with E-state index in [9.17, 15) is 19.7 Å². The van der Waals surface area contributed by atoms with Gasteiger partial charge in [0.05, 0.1) is 11.3 Å². The molecule has 1 saturated carbocycles. The SMILES string of the molecule is Cc1ccccc1CN(C(=O)Cc1ccccc1[N+](=O)[O-])C(C)C(=O)NC1CCCCC1. The van der Waals surface area contributed by atoms with Crippen molar-refractivity contribution in [1.29, 1.82) is 0 Å². The molecule has 0 aromatic heterocycles. The summed E-state index contributed by atoms with van der Waals surface area (Å²) in [7, 11) is 0. The van der Waals surface area contributed by atoms with Crippen LogP contribution in [0.2, 0.25) is 0 Å². The largest absolute Gasteiger partial charge is 0.352 e. The van der Waals surface area contributed by atoms with Crippen LogP contribution in [0.3, 0.4) is 0 Å². The minimum absolute atomic E-state index is 0.0870. The normalized spacial score (nSPS) is 15.1. The number of benzene rings is 2. The fraction of sp³-hybridized carbons (Fsp3) is 0.440. The Hall–Kier alpha value is -3.22. The Balaban J connectivity index is 1.82. The fourth-order valence-corrected chi connectivity index (χ4v) is 4.23. The summed E-state index contributed by atoms with van der Waals surface area (Å²) in [6.07, 6.45) is 5.17. The molecular formula is C25H31N3O4. The number of nitrogens with zero attached hydrogens (tertiary/aromatic N) is 2. The third-order valence-electron chi connectivity index (χ3n) is 6.25. The third kappa shape index (κ3) is 5.93. The zero-order valence-electron chi connectivity index (χ0n) is 18.8. The van der Waals surface area contributed by atoms with Gasteiger partial charge in [-0.25, -0.2) is 0 Å². The molecule has 1 atom stereocenters. The van der Waals surface area contributed by atoms with Crippen LogP contribution in [0.25, 0.3) is 0 Å². The first-order valence-electron chi connectivity index (χ1n) is 11.2. The molecule has 2 aromatic rings. The topological polar surface area (TPSA) is 92.6 Å². The van der Waals surface area contributed by atoms with Crippen LogP contribution >= 0.6 is 0 Å². The highest BCUT2D eigenvalue weighted by molar-refractivity contribution is 5.88. The van der Waals surface area contributed by atoms with Gasteiger partial charge in [-0.2, -0.15) is 0 Å². The summed E-state index contributed by atoms with van der Waals surface area (Å²) >= 11 is 0. The van der Waals surface area contributed by atoms with Gasteiger partial charge in [0.25, 0.3) is 5.69 Å². The lowest BCUT2D eigenvalue weighted by Gasteiger charge is -2.31. The highest BCUT2D eigenvalue weighted by Crippen LogP contribution is 2.22. The van der Waals surface area contributed by atoms with Gasteiger partial charge < -0.3 is 10.2 Å². The number of nitro groups is 1. The molecule has 0 radical (unpaired) electrons. The Morgan fingerprint density at radius 3 is 2.34 bits per heavy atom. The van der Waals surface area contributed by atoms with E-state index in [4.69, 9.17) is 0 Å². The van der Waals surface area contributed by atoms with Crippen molar-refractivity contribution in [2.75, 3.05) is 0 Å². The van der Waals surface area contributed by atoms with Gasteiger partial charge >= 0.3 is 0 Å². The van der Waals surface area contributed by atoms with E-state index in [-0.39, 0.29) is 36.5 Å². The monoisotopic (exact) mass is 437 g/mol. The molecule has 3 rings (SSSR count). The summed E-state index contributed by atoms with van der Waals surface area (Å²) in [5.74, 6) is -0.491. The molecule has 2 amide bonds. The molecule has 0 saturated heterocycles. The number of hydrogen-bond donors (Lipinski definition) is 1. The van der Waals surface area contributed by atoms with E-state index < -0.39 is 11.0 Å². The molecule has 1 aliphatic carbocycles. The van der Waals surface area contributed by atoms with Crippen molar-refractivity contribution in [3.8, 4) is 0 Å². The molecule has 0 aliphatic heterocycles. The Morgan fingerprint density at radius 1 is 1.06 bits per heavy atom. The number of aryl methyl sites for hydroxylation is 1. The number of amides is 2. The maximum Gasteiger partial charge on any atom is 0.273 e. The summed E-state index contributed by atoms with van der Waals surface area (Å²) in [6.45, 7) is 3.96. The molecule has 0 heterocycles. The molecule has 1 aliphatic rings. The lowest BCUT2D eigenvalue weighted by molar-refractivity contribution is -0.385. The summed E-state index contributed by atoms with van der Waals surface area (Å²) in [4.78, 5) is 38.9. The van der Waals surface area contributed by atoms with Crippen LogP contribution in [-0.2, 0) is 22.6 Å². The van der Waals surface area contributed by atoms with E-state index in [1.54, 1.807) is 25.1 Å². The minimum Gasteiger partial charge on any atom is -0.352 e. The standard InChI is InChI=1S/C25H31N3O4/c1-18-10-6-7-12-21(18)17-27(19(2)25(30)26-22-13-4-3-5-14-22)24(29)16-20-11-8-9-15-23(20)28(31)32/h6-12,15,19,22H,3-5,13-14,16-17H2,1-2H3,(H,26,30). The summed E-state index contributed by atoms with van der Waals surface area (Å²) in [6, 6.07) is 13.4. The molecule has 170 valence electrons. The fourth-order valence-electron chi connectivity index (χ4n) is 4.23. The molecule has 0 bridgehead atoms. The first kappa shape index (κ1) is 23.4. The average molecular weight is 438 g/mol. The lowest BCUT2D eigenvalue weighted by atomic mass is 9.95. The molecule has 7 heteroatoms. The van der Waals surface area contributed by atoms with Crippen LogP contribution in [0.15, 0.2) is 48.5 Å². The molecule has 2 aromatic carbocycles. The van der Waals surface area contributed by atoms with Crippen molar-refractivity contribution in [3.05, 3.63) is 75.3 Å². The second kappa shape index (κ2) is 10.9. The predicted octanol–water partition coefficient (Wildman–Crippen LogP) is 4.31. The molecule has 1 N–H and O–H groups in total. The zero-order chi connectivity index (χ0) is 23.1. The van der Waals surface area contributed by atoms with Gasteiger partial charge in [-0.05, 0) is 37.8 Å². The van der Waals surface area contributed by atoms with Gasteiger partial charge in [0.2, 0.25) is 11.8 Å². The van der Waals surface area contributed by atoms with Gasteiger partial charge in [-0.3, -0.25) is 19.7 Å². The second-order valence-corrected chi connectivity index (χ2v) is 8.53. The van der Waals surface area contributed by atoms with Crippen LogP contribution in [0.5, 0.6) is 0 Å². The lowest BCUT2D eigenvalue weighted by Crippen LogP contribution is -2.50. The summed E-state index contributed by atoms with van der Waals surface area (Å²) in [5, 5.41) is 14.5. The van der Waals surface area contributed by atoms with Crippen LogP contribution in [0, 0.1) is 17.0 Å². The number of hydrogen-bond acceptors (Lipinski definition) is 4. The van der Waals surface area contributed by atoms with E-state index in [1.165, 1.54) is 17.4 Å². The molecule has 0 spiro atoms. The average Bonchev–Trinajstić information content (AvgIpc) is 2.79. The first-order chi connectivity index (χ1) is 15.4. The molecule has 32 heavy (non-hydrogen) atoms. The van der Waals surface area contributed by atoms with Gasteiger partial charge in [0.1, 0.15) is 6.04 Å². The van der Waals surface area contributed by atoms with E-state index in [0.717, 1.165) is 36.8 Å². The van der Waals surface area contributed by atoms with Crippen molar-refractivity contribution in [3.63, 3.8) is 0 Å². The van der Waals surface area contributed by atoms with Crippen molar-refractivity contribution >= 4 is 17.5 Å². The molecule has 1 unspecified atom stereocenters. The van der Waals surface area contributed by atoms with Crippen molar-refractivity contribution in [1.82, 2.24) is 10.2 Å². The Labute approximate surface area is 189 Å². The second-order valence-electron chi connectivity index (χ2n) is 8.53. The van der Waals surface area contributed by atoms with E-state index in [0.29, 0.717) is 5.56 Å². The van der Waals surface area contributed by atoms with Crippen LogP contribution in [-0.4, -0.2) is 33.7 Å². The number of para-hydroxylation sites is 1. The first-order valence-corrected chi connectivity index (χ1v) is 11.2. The predicted molar refractivity (Wildman–Crippen MR) is 123 cm³/mol. The minimum atomic E-state index is -0.688. The number of carbonyl (C=O) groups is 2. The third-order valence-corrected chi connectivity index (χ3v) is 6.25. The highest BCUT2D eigenvalue weighted by Gasteiger charge is 2.29. The summed E-state index contributed by atoms with van der Waals surface area (Å²) < 4.78 is 0. The van der Waals surface area contributed by atoms with Crippen LogP contribution in [0.1, 0.15) is 55.7 Å². The summed E-state index contributed by atoms with van der Waals surface area (Å²) in [5.41, 5.74) is 2.23. The maximum absolute atomic E-state index is 13.4. The number of carbonyl (C=O) groups excluding carboxylic acids is 2. The van der Waals surface area contributed by atoms with Gasteiger partial charge in [-0.1, -0.05) is 61.7 Å². The number of rotatable bonds is 8. The Morgan fingerprint density at radius 2 is 1.69 bits per heavy atom. The van der Waals surface area contributed by atoms with E-state index >= 15 is 0 Å². The van der Waals surface area contributed by atoms with Gasteiger partial charge in [0, 0.05) is 24.2 Å². The zero-order valence-corrected chi connectivity index (χ0v) is 18.8. The molecule has 7 nitrogen and oxygen atoms in total. The van der Waals surface area contributed by atoms with Crippen LogP contribution in [0.4, 0.5) is 5.69 Å². The van der Waals surface area contributed by atoms with Crippen molar-refractivity contribution < 1.29 is 14.5 Å². The number of nitrogens with one attached hydrogen (secondary N) is 1. The maximum atomic E-state index is 13.4. The van der Waals surface area contributed by atoms with Crippen molar-refractivity contribution in [2.24, 2.45) is 0 Å². The Bertz CT molecular complexity index is 969. The quantitative estimate of drug-likeness (QED) is 0.492. The molecule has 1 fully saturated rings. The van der Waals surface area contributed by atoms with Gasteiger partial charge in [-0.15, -0.1) is 0 Å². The number of nitro benzene ring substituents is 1.